The summed E-state index contributed by atoms with van der Waals surface area (Å²) >= 11 is 0. The van der Waals surface area contributed by atoms with Gasteiger partial charge in [-0.25, -0.2) is 32.4 Å². The number of nitrogens with zero attached hydrogens (tertiary/aromatic N) is 12. The highest BCUT2D eigenvalue weighted by Crippen LogP contribution is 2.37. The Bertz CT molecular complexity index is 2470. The van der Waals surface area contributed by atoms with Crippen LogP contribution in [0.2, 0.25) is 0 Å². The van der Waals surface area contributed by atoms with Gasteiger partial charge in [0.2, 0.25) is 18.6 Å². The lowest BCUT2D eigenvalue weighted by Crippen LogP contribution is -2.54. The number of allylic oxidation sites excluding steroid dienone is 1. The van der Waals surface area contributed by atoms with E-state index in [9.17, 15) is 0 Å². The minimum absolute atomic E-state index is 0.0558. The second kappa shape index (κ2) is 19.7. The molecule has 1 aliphatic rings. The van der Waals surface area contributed by atoms with Gasteiger partial charge in [0.15, 0.2) is 0 Å². The van der Waals surface area contributed by atoms with E-state index in [1.807, 2.05) is 65.6 Å². The van der Waals surface area contributed by atoms with Gasteiger partial charge in [0.05, 0.1) is 45.3 Å². The maximum Gasteiger partial charge on any atom is 0.420 e. The van der Waals surface area contributed by atoms with Crippen molar-refractivity contribution in [3.63, 3.8) is 0 Å². The van der Waals surface area contributed by atoms with E-state index >= 15 is 0 Å². The molecule has 356 valence electrons. The molecule has 0 fully saturated rings. The quantitative estimate of drug-likeness (QED) is 0.0532. The summed E-state index contributed by atoms with van der Waals surface area (Å²) in [6.45, 7) is 32.1. The Labute approximate surface area is 395 Å². The number of hydrogen-bond acceptors (Lipinski definition) is 7. The molecular formula is C52H81N14+3. The average Bonchev–Trinajstić information content (AvgIpc) is 4.04. The van der Waals surface area contributed by atoms with E-state index in [-0.39, 0.29) is 38.8 Å². The van der Waals surface area contributed by atoms with Gasteiger partial charge in [-0.2, -0.15) is 0 Å². The number of azo groups is 2. The molecule has 1 aliphatic carbocycles. The number of nitrogens with one attached hydrogen (secondary N) is 2. The van der Waals surface area contributed by atoms with Crippen LogP contribution >= 0.6 is 0 Å². The van der Waals surface area contributed by atoms with Crippen LogP contribution in [0.5, 0.6) is 0 Å². The van der Waals surface area contributed by atoms with Gasteiger partial charge in [-0.15, -0.1) is 15.3 Å². The zero-order valence-corrected chi connectivity index (χ0v) is 42.9. The standard InChI is InChI=1S/C52H81N14/c1-47(2,35-54-41-16-20-43(21-17-41)56-58-45-53-24-25-60(45)13)32-49(5,6)37-63-28-30-65(39-63)51(9,10)34-52(11,12)66-31-29-64(40-66)38-50(7,8)33-48(3,4)36-55-42-18-22-44(23-19-42)57-59-46-61(14)26-27-62(46)15/h16-22,24-31,39-40,44,54-55H,23,32-38H2,1-15H3/q+3/b58-56+. The highest BCUT2D eigenvalue weighted by atomic mass is 15.3. The van der Waals surface area contributed by atoms with Gasteiger partial charge in [-0.05, 0) is 88.1 Å². The molecule has 14 heteroatoms. The molecule has 4 heterocycles. The fraction of sp³-hybridized carbons (Fsp3) is 0.577. The van der Waals surface area contributed by atoms with E-state index in [0.29, 0.717) is 5.95 Å². The zero-order valence-electron chi connectivity index (χ0n) is 42.9. The summed E-state index contributed by atoms with van der Waals surface area (Å²) in [5.74, 6) is 1.42. The first-order chi connectivity index (χ1) is 30.8. The smallest absolute Gasteiger partial charge is 0.385 e. The number of aryl methyl sites for hydroxylation is 3. The van der Waals surface area contributed by atoms with E-state index in [4.69, 9.17) is 0 Å². The summed E-state index contributed by atoms with van der Waals surface area (Å²) in [7, 11) is 5.88. The second-order valence-electron chi connectivity index (χ2n) is 23.4. The number of imidazole rings is 4. The van der Waals surface area contributed by atoms with Gasteiger partial charge in [0.1, 0.15) is 41.9 Å². The van der Waals surface area contributed by atoms with Gasteiger partial charge in [0, 0.05) is 66.3 Å². The lowest BCUT2D eigenvalue weighted by atomic mass is 9.75. The van der Waals surface area contributed by atoms with E-state index < -0.39 is 0 Å². The Balaban J connectivity index is 0.959. The second-order valence-corrected chi connectivity index (χ2v) is 23.4. The number of rotatable bonds is 22. The van der Waals surface area contributed by atoms with Crippen LogP contribution < -0.4 is 24.3 Å². The van der Waals surface area contributed by atoms with Crippen molar-refractivity contribution < 1.29 is 13.7 Å². The fourth-order valence-corrected chi connectivity index (χ4v) is 10.3. The molecule has 0 amide bonds. The van der Waals surface area contributed by atoms with Crippen LogP contribution in [-0.4, -0.2) is 42.4 Å². The van der Waals surface area contributed by atoms with Crippen molar-refractivity contribution in [3.05, 3.63) is 110 Å². The molecule has 4 aromatic heterocycles. The maximum atomic E-state index is 4.58. The van der Waals surface area contributed by atoms with Crippen LogP contribution in [-0.2, 0) is 45.3 Å². The van der Waals surface area contributed by atoms with Crippen molar-refractivity contribution in [1.29, 1.82) is 0 Å². The van der Waals surface area contributed by atoms with Crippen molar-refractivity contribution in [3.8, 4) is 0 Å². The predicted octanol–water partition coefficient (Wildman–Crippen LogP) is 10.3. The first-order valence-corrected chi connectivity index (χ1v) is 23.7. The minimum Gasteiger partial charge on any atom is -0.385 e. The van der Waals surface area contributed by atoms with Crippen molar-refractivity contribution >= 4 is 23.3 Å². The molecular weight excluding hydrogens is 821 g/mol. The topological polar surface area (TPSA) is 118 Å². The Hall–Kier alpha value is -5.66. The Morgan fingerprint density at radius 2 is 1.41 bits per heavy atom. The maximum absolute atomic E-state index is 4.58. The highest BCUT2D eigenvalue weighted by molar-refractivity contribution is 5.51. The van der Waals surface area contributed by atoms with Crippen molar-refractivity contribution in [2.24, 2.45) is 63.3 Å². The monoisotopic (exact) mass is 902 g/mol. The zero-order chi connectivity index (χ0) is 48.1. The third kappa shape index (κ3) is 13.9. The third-order valence-electron chi connectivity index (χ3n) is 12.8. The van der Waals surface area contributed by atoms with Gasteiger partial charge < -0.3 is 15.2 Å². The summed E-state index contributed by atoms with van der Waals surface area (Å²) in [6.07, 6.45) is 31.7. The molecule has 1 unspecified atom stereocenters. The molecule has 0 saturated heterocycles. The van der Waals surface area contributed by atoms with Crippen LogP contribution in [0.25, 0.3) is 0 Å². The van der Waals surface area contributed by atoms with Crippen LogP contribution in [0.3, 0.4) is 0 Å². The summed E-state index contributed by atoms with van der Waals surface area (Å²) in [5.41, 5.74) is 3.20. The minimum atomic E-state index is -0.100. The molecule has 0 bridgehead atoms. The lowest BCUT2D eigenvalue weighted by molar-refractivity contribution is -0.759. The highest BCUT2D eigenvalue weighted by Gasteiger charge is 2.39. The van der Waals surface area contributed by atoms with Crippen molar-refractivity contribution in [2.75, 3.05) is 18.4 Å². The number of hydrogen-bond donors (Lipinski definition) is 2. The van der Waals surface area contributed by atoms with E-state index in [0.717, 1.165) is 74.9 Å². The molecule has 0 saturated carbocycles. The van der Waals surface area contributed by atoms with E-state index in [1.54, 1.807) is 6.20 Å². The normalized spacial score (nSPS) is 15.6. The lowest BCUT2D eigenvalue weighted by Gasteiger charge is -2.34. The molecule has 0 aliphatic heterocycles. The van der Waals surface area contributed by atoms with Gasteiger partial charge >= 0.3 is 5.95 Å². The number of aromatic nitrogens is 8. The first kappa shape index (κ1) is 49.8. The van der Waals surface area contributed by atoms with E-state index in [2.05, 4.69) is 205 Å². The van der Waals surface area contributed by atoms with Crippen LogP contribution in [0.1, 0.15) is 109 Å². The van der Waals surface area contributed by atoms with Gasteiger partial charge in [0.25, 0.3) is 0 Å². The molecule has 66 heavy (non-hydrogen) atoms. The molecule has 0 radical (unpaired) electrons. The molecule has 1 aromatic carbocycles. The molecule has 2 N–H and O–H groups in total. The van der Waals surface area contributed by atoms with Gasteiger partial charge in [-0.1, -0.05) is 67.5 Å². The summed E-state index contributed by atoms with van der Waals surface area (Å²) in [5, 5.41) is 25.1. The third-order valence-corrected chi connectivity index (χ3v) is 12.8. The Morgan fingerprint density at radius 3 is 2.05 bits per heavy atom. The van der Waals surface area contributed by atoms with Crippen LogP contribution in [0, 0.1) is 21.7 Å². The number of benzene rings is 1. The largest absolute Gasteiger partial charge is 0.420 e. The predicted molar refractivity (Wildman–Crippen MR) is 264 cm³/mol. The Kier molecular flexibility index (Phi) is 14.8. The SMILES string of the molecule is Cn1ccnc1/N=N/c1ccc(NCC(C)(C)CC(C)(C)C[n+]2ccn(C(C)(C)CC(C)(C)[n+]3ccn(CC(C)(C)CC(C)(C)CNC4=CCC(/N=N/c5n(C)cc[n+]5C)C=C4)c3)c2)cc1. The van der Waals surface area contributed by atoms with Crippen LogP contribution in [0.4, 0.5) is 23.3 Å². The average molecular weight is 902 g/mol. The molecule has 5 aromatic rings. The molecule has 6 rings (SSSR count). The van der Waals surface area contributed by atoms with Crippen LogP contribution in [0.15, 0.2) is 131 Å². The summed E-state index contributed by atoms with van der Waals surface area (Å²) in [4.78, 5) is 4.21. The number of anilines is 1. The summed E-state index contributed by atoms with van der Waals surface area (Å²) < 4.78 is 15.4. The van der Waals surface area contributed by atoms with Crippen molar-refractivity contribution in [1.82, 2.24) is 28.6 Å². The Morgan fingerprint density at radius 1 is 0.712 bits per heavy atom. The molecule has 1 atom stereocenters. The van der Waals surface area contributed by atoms with E-state index in [1.165, 1.54) is 0 Å². The molecule has 14 nitrogen and oxygen atoms in total. The van der Waals surface area contributed by atoms with Gasteiger partial charge in [-0.3, -0.25) is 0 Å². The first-order valence-electron chi connectivity index (χ1n) is 23.7. The summed E-state index contributed by atoms with van der Waals surface area (Å²) in [6, 6.07) is 8.17. The van der Waals surface area contributed by atoms with Crippen molar-refractivity contribution in [2.45, 2.75) is 139 Å². The molecule has 0 spiro atoms. The fourth-order valence-electron chi connectivity index (χ4n) is 10.3.